The standard InChI is InChI=1S/C28H24N4O2/c1-33-27-17-22(12-14-26(27)34-23-7-3-2-4-8-23)32-28-24-16-20(11-13-25(24)30-19-31-28)9-10-21-6-5-15-29-18-21/h2-4,6-8,11-14,16-17,19,29H,5,15,18H2,1H3,(H,30,31,32). The van der Waals surface area contributed by atoms with Crippen LogP contribution in [0.25, 0.3) is 10.9 Å². The number of hydrogen-bond donors (Lipinski definition) is 2. The molecule has 0 aliphatic carbocycles. The maximum absolute atomic E-state index is 5.97. The van der Waals surface area contributed by atoms with Gasteiger partial charge in [-0.2, -0.15) is 0 Å². The quantitative estimate of drug-likeness (QED) is 0.396. The van der Waals surface area contributed by atoms with Crippen molar-refractivity contribution in [3.63, 3.8) is 0 Å². The summed E-state index contributed by atoms with van der Waals surface area (Å²) < 4.78 is 11.5. The Morgan fingerprint density at radius 1 is 0.941 bits per heavy atom. The third kappa shape index (κ3) is 5.01. The van der Waals surface area contributed by atoms with Gasteiger partial charge in [-0.3, -0.25) is 0 Å². The highest BCUT2D eigenvalue weighted by Crippen LogP contribution is 2.35. The first-order chi connectivity index (χ1) is 16.8. The molecule has 0 unspecified atom stereocenters. The summed E-state index contributed by atoms with van der Waals surface area (Å²) in [5.74, 6) is 9.24. The Balaban J connectivity index is 1.42. The Morgan fingerprint density at radius 2 is 1.85 bits per heavy atom. The van der Waals surface area contributed by atoms with E-state index in [9.17, 15) is 0 Å². The molecule has 1 aliphatic heterocycles. The van der Waals surface area contributed by atoms with Crippen LogP contribution < -0.4 is 20.1 Å². The first-order valence-corrected chi connectivity index (χ1v) is 11.1. The molecule has 6 nitrogen and oxygen atoms in total. The average Bonchev–Trinajstić information content (AvgIpc) is 2.90. The van der Waals surface area contributed by atoms with Crippen molar-refractivity contribution in [2.75, 3.05) is 25.5 Å². The molecule has 2 N–H and O–H groups in total. The number of nitrogens with zero attached hydrogens (tertiary/aromatic N) is 2. The number of fused-ring (bicyclic) bond motifs is 1. The van der Waals surface area contributed by atoms with Gasteiger partial charge in [-0.05, 0) is 55.4 Å². The molecule has 0 saturated heterocycles. The molecule has 5 rings (SSSR count). The Morgan fingerprint density at radius 3 is 2.68 bits per heavy atom. The van der Waals surface area contributed by atoms with Gasteiger partial charge < -0.3 is 20.1 Å². The molecule has 4 aromatic rings. The third-order valence-electron chi connectivity index (χ3n) is 5.43. The molecule has 0 amide bonds. The fraction of sp³-hybridized carbons (Fsp3) is 0.143. The van der Waals surface area contributed by atoms with Gasteiger partial charge in [-0.25, -0.2) is 9.97 Å². The van der Waals surface area contributed by atoms with Crippen molar-refractivity contribution >= 4 is 22.4 Å². The van der Waals surface area contributed by atoms with Gasteiger partial charge in [-0.1, -0.05) is 36.1 Å². The van der Waals surface area contributed by atoms with Crippen molar-refractivity contribution in [2.24, 2.45) is 0 Å². The minimum atomic E-state index is 0.619. The van der Waals surface area contributed by atoms with E-state index in [1.165, 1.54) is 0 Å². The summed E-state index contributed by atoms with van der Waals surface area (Å²) in [7, 11) is 1.62. The maximum atomic E-state index is 5.97. The molecule has 168 valence electrons. The van der Waals surface area contributed by atoms with E-state index in [1.54, 1.807) is 13.4 Å². The Hall–Kier alpha value is -4.34. The van der Waals surface area contributed by atoms with E-state index in [0.717, 1.165) is 53.0 Å². The molecule has 6 heteroatoms. The van der Waals surface area contributed by atoms with Crippen LogP contribution in [0.2, 0.25) is 0 Å². The molecular weight excluding hydrogens is 424 g/mol. The molecule has 0 spiro atoms. The SMILES string of the molecule is COc1cc(Nc2ncnc3ccc(C#CC4=CCCNC4)cc23)ccc1Oc1ccccc1. The van der Waals surface area contributed by atoms with Crippen molar-refractivity contribution in [3.05, 3.63) is 90.3 Å². The van der Waals surface area contributed by atoms with Crippen LogP contribution >= 0.6 is 0 Å². The van der Waals surface area contributed by atoms with Crippen molar-refractivity contribution in [3.8, 4) is 29.1 Å². The lowest BCUT2D eigenvalue weighted by atomic mass is 10.1. The second kappa shape index (κ2) is 10.1. The van der Waals surface area contributed by atoms with Crippen LogP contribution in [-0.4, -0.2) is 30.2 Å². The molecular formula is C28H24N4O2. The number of methoxy groups -OCH3 is 1. The molecule has 1 aliphatic rings. The van der Waals surface area contributed by atoms with Crippen LogP contribution in [0.5, 0.6) is 17.2 Å². The first kappa shape index (κ1) is 21.5. The highest BCUT2D eigenvalue weighted by atomic mass is 16.5. The van der Waals surface area contributed by atoms with E-state index in [-0.39, 0.29) is 0 Å². The van der Waals surface area contributed by atoms with E-state index >= 15 is 0 Å². The number of anilines is 2. The van der Waals surface area contributed by atoms with Gasteiger partial charge in [0.1, 0.15) is 17.9 Å². The third-order valence-corrected chi connectivity index (χ3v) is 5.43. The molecule has 0 saturated carbocycles. The minimum Gasteiger partial charge on any atom is -0.493 e. The molecule has 0 fully saturated rings. The highest BCUT2D eigenvalue weighted by molar-refractivity contribution is 5.91. The molecule has 1 aromatic heterocycles. The van der Waals surface area contributed by atoms with Crippen LogP contribution in [0.3, 0.4) is 0 Å². The van der Waals surface area contributed by atoms with Crippen molar-refractivity contribution in [1.82, 2.24) is 15.3 Å². The zero-order valence-electron chi connectivity index (χ0n) is 18.8. The predicted octanol–water partition coefficient (Wildman–Crippen LogP) is 5.45. The summed E-state index contributed by atoms with van der Waals surface area (Å²) >= 11 is 0. The second-order valence-corrected chi connectivity index (χ2v) is 7.80. The summed E-state index contributed by atoms with van der Waals surface area (Å²) in [5, 5.41) is 7.63. The van der Waals surface area contributed by atoms with Gasteiger partial charge >= 0.3 is 0 Å². The zero-order valence-corrected chi connectivity index (χ0v) is 18.8. The zero-order chi connectivity index (χ0) is 23.2. The number of para-hydroxylation sites is 1. The molecule has 0 bridgehead atoms. The van der Waals surface area contributed by atoms with E-state index in [1.807, 2.05) is 66.7 Å². The fourth-order valence-electron chi connectivity index (χ4n) is 3.71. The highest BCUT2D eigenvalue weighted by Gasteiger charge is 2.10. The van der Waals surface area contributed by atoms with E-state index in [2.05, 4.69) is 38.5 Å². The smallest absolute Gasteiger partial charge is 0.169 e. The minimum absolute atomic E-state index is 0.619. The topological polar surface area (TPSA) is 68.3 Å². The van der Waals surface area contributed by atoms with Gasteiger partial charge in [-0.15, -0.1) is 0 Å². The van der Waals surface area contributed by atoms with E-state index in [0.29, 0.717) is 17.3 Å². The Labute approximate surface area is 198 Å². The van der Waals surface area contributed by atoms with Gasteiger partial charge in [0.05, 0.1) is 12.6 Å². The largest absolute Gasteiger partial charge is 0.493 e. The van der Waals surface area contributed by atoms with Gasteiger partial charge in [0.25, 0.3) is 0 Å². The molecule has 0 atom stereocenters. The summed E-state index contributed by atoms with van der Waals surface area (Å²) in [4.78, 5) is 8.88. The van der Waals surface area contributed by atoms with Crippen LogP contribution in [0, 0.1) is 11.8 Å². The second-order valence-electron chi connectivity index (χ2n) is 7.80. The van der Waals surface area contributed by atoms with Crippen molar-refractivity contribution in [1.29, 1.82) is 0 Å². The number of hydrogen-bond acceptors (Lipinski definition) is 6. The lowest BCUT2D eigenvalue weighted by Gasteiger charge is -2.13. The van der Waals surface area contributed by atoms with Crippen LogP contribution in [-0.2, 0) is 0 Å². The number of rotatable bonds is 5. The van der Waals surface area contributed by atoms with Gasteiger partial charge in [0.15, 0.2) is 11.5 Å². The van der Waals surface area contributed by atoms with Crippen LogP contribution in [0.1, 0.15) is 12.0 Å². The molecule has 3 aromatic carbocycles. The molecule has 34 heavy (non-hydrogen) atoms. The number of ether oxygens (including phenoxy) is 2. The molecule has 2 heterocycles. The number of aromatic nitrogens is 2. The van der Waals surface area contributed by atoms with Gasteiger partial charge in [0.2, 0.25) is 0 Å². The summed E-state index contributed by atoms with van der Waals surface area (Å²) in [6, 6.07) is 21.3. The Bertz CT molecular complexity index is 1400. The summed E-state index contributed by atoms with van der Waals surface area (Å²) in [6.07, 6.45) is 4.76. The Kier molecular flexibility index (Phi) is 6.37. The summed E-state index contributed by atoms with van der Waals surface area (Å²) in [5.41, 5.74) is 3.71. The summed E-state index contributed by atoms with van der Waals surface area (Å²) in [6.45, 7) is 1.83. The average molecular weight is 449 g/mol. The lowest BCUT2D eigenvalue weighted by molar-refractivity contribution is 0.379. The lowest BCUT2D eigenvalue weighted by Crippen LogP contribution is -2.21. The van der Waals surface area contributed by atoms with Crippen molar-refractivity contribution in [2.45, 2.75) is 6.42 Å². The first-order valence-electron chi connectivity index (χ1n) is 11.1. The van der Waals surface area contributed by atoms with E-state index in [4.69, 9.17) is 9.47 Å². The van der Waals surface area contributed by atoms with Gasteiger partial charge in [0, 0.05) is 34.8 Å². The molecule has 0 radical (unpaired) electrons. The van der Waals surface area contributed by atoms with Crippen molar-refractivity contribution < 1.29 is 9.47 Å². The van der Waals surface area contributed by atoms with Crippen LogP contribution in [0.15, 0.2) is 84.7 Å². The van der Waals surface area contributed by atoms with Crippen LogP contribution in [0.4, 0.5) is 11.5 Å². The maximum Gasteiger partial charge on any atom is 0.169 e. The fourth-order valence-corrected chi connectivity index (χ4v) is 3.71. The predicted molar refractivity (Wildman–Crippen MR) is 135 cm³/mol. The van der Waals surface area contributed by atoms with E-state index < -0.39 is 0 Å². The number of benzene rings is 3. The number of nitrogens with one attached hydrogen (secondary N) is 2. The monoisotopic (exact) mass is 448 g/mol. The normalized spacial score (nSPS) is 12.9.